The summed E-state index contributed by atoms with van der Waals surface area (Å²) in [7, 11) is 0. The number of aryl methyl sites for hydroxylation is 2. The van der Waals surface area contributed by atoms with Crippen LogP contribution in [0.25, 0.3) is 11.0 Å². The van der Waals surface area contributed by atoms with Crippen LogP contribution in [0.3, 0.4) is 0 Å². The van der Waals surface area contributed by atoms with E-state index in [2.05, 4.69) is 26.0 Å². The molecule has 1 aliphatic rings. The number of amides is 1. The summed E-state index contributed by atoms with van der Waals surface area (Å²) in [5, 5.41) is 7.43. The standard InChI is InChI=1S/C21H27N5O/c1-14-11-15(2)26(24-14)16(3)21(27)23-17-9-10-20-19(12-17)22-13-25(20)18-7-5-4-6-8-18/h9-13,16,18H,4-8H2,1-3H3,(H,23,27)/t16-/m0/s1. The van der Waals surface area contributed by atoms with Gasteiger partial charge < -0.3 is 9.88 Å². The predicted molar refractivity (Wildman–Crippen MR) is 107 cm³/mol. The quantitative estimate of drug-likeness (QED) is 0.737. The van der Waals surface area contributed by atoms with E-state index in [9.17, 15) is 4.79 Å². The molecule has 6 nitrogen and oxygen atoms in total. The minimum Gasteiger partial charge on any atom is -0.327 e. The van der Waals surface area contributed by atoms with Gasteiger partial charge in [-0.1, -0.05) is 19.3 Å². The molecule has 1 atom stereocenters. The number of carbonyl (C=O) groups excluding carboxylic acids is 1. The third kappa shape index (κ3) is 3.48. The SMILES string of the molecule is Cc1cc(C)n([C@@H](C)C(=O)Nc2ccc3c(c2)ncn3C2CCCCC2)n1. The van der Waals surface area contributed by atoms with Gasteiger partial charge in [0, 0.05) is 17.4 Å². The highest BCUT2D eigenvalue weighted by Crippen LogP contribution is 2.31. The molecule has 0 bridgehead atoms. The molecule has 1 aromatic carbocycles. The molecular weight excluding hydrogens is 338 g/mol. The van der Waals surface area contributed by atoms with Crippen molar-refractivity contribution in [2.24, 2.45) is 0 Å². The molecule has 0 spiro atoms. The average Bonchev–Trinajstić information content (AvgIpc) is 3.24. The normalized spacial score (nSPS) is 16.6. The van der Waals surface area contributed by atoms with Crippen LogP contribution in [-0.2, 0) is 4.79 Å². The third-order valence-corrected chi connectivity index (χ3v) is 5.60. The topological polar surface area (TPSA) is 64.7 Å². The molecule has 1 saturated carbocycles. The van der Waals surface area contributed by atoms with Crippen LogP contribution in [0.2, 0.25) is 0 Å². The molecule has 0 radical (unpaired) electrons. The highest BCUT2D eigenvalue weighted by molar-refractivity contribution is 5.95. The second-order valence-corrected chi connectivity index (χ2v) is 7.68. The molecule has 27 heavy (non-hydrogen) atoms. The fourth-order valence-electron chi connectivity index (χ4n) is 4.16. The molecule has 2 heterocycles. The average molecular weight is 365 g/mol. The van der Waals surface area contributed by atoms with Gasteiger partial charge >= 0.3 is 0 Å². The van der Waals surface area contributed by atoms with Crippen molar-refractivity contribution < 1.29 is 4.79 Å². The fourth-order valence-corrected chi connectivity index (χ4v) is 4.16. The maximum Gasteiger partial charge on any atom is 0.248 e. The van der Waals surface area contributed by atoms with Crippen molar-refractivity contribution in [3.63, 3.8) is 0 Å². The smallest absolute Gasteiger partial charge is 0.248 e. The van der Waals surface area contributed by atoms with Gasteiger partial charge in [-0.3, -0.25) is 9.48 Å². The Labute approximate surface area is 159 Å². The summed E-state index contributed by atoms with van der Waals surface area (Å²) in [5.41, 5.74) is 4.75. The van der Waals surface area contributed by atoms with Gasteiger partial charge in [0.15, 0.2) is 0 Å². The number of hydrogen-bond acceptors (Lipinski definition) is 3. The summed E-state index contributed by atoms with van der Waals surface area (Å²) in [6, 6.07) is 8.16. The van der Waals surface area contributed by atoms with Gasteiger partial charge in [0.2, 0.25) is 5.91 Å². The van der Waals surface area contributed by atoms with Gasteiger partial charge in [-0.2, -0.15) is 5.10 Å². The number of imidazole rings is 1. The third-order valence-electron chi connectivity index (χ3n) is 5.60. The summed E-state index contributed by atoms with van der Waals surface area (Å²) in [5.74, 6) is -0.0766. The van der Waals surface area contributed by atoms with Crippen LogP contribution < -0.4 is 5.32 Å². The molecular formula is C21H27N5O. The zero-order valence-electron chi connectivity index (χ0n) is 16.3. The Balaban J connectivity index is 1.52. The lowest BCUT2D eigenvalue weighted by Crippen LogP contribution is -2.25. The number of carbonyl (C=O) groups is 1. The van der Waals surface area contributed by atoms with Gasteiger partial charge in [-0.05, 0) is 57.9 Å². The Morgan fingerprint density at radius 2 is 1.96 bits per heavy atom. The van der Waals surface area contributed by atoms with E-state index in [1.165, 1.54) is 32.1 Å². The molecule has 6 heteroatoms. The molecule has 1 fully saturated rings. The van der Waals surface area contributed by atoms with Crippen LogP contribution in [0.5, 0.6) is 0 Å². The van der Waals surface area contributed by atoms with Crippen molar-refractivity contribution in [3.05, 3.63) is 42.0 Å². The second-order valence-electron chi connectivity index (χ2n) is 7.68. The lowest BCUT2D eigenvalue weighted by atomic mass is 9.95. The molecule has 2 aromatic heterocycles. The fraction of sp³-hybridized carbons (Fsp3) is 0.476. The summed E-state index contributed by atoms with van der Waals surface area (Å²) in [6.45, 7) is 5.77. The molecule has 1 N–H and O–H groups in total. The van der Waals surface area contributed by atoms with Crippen LogP contribution in [0, 0.1) is 13.8 Å². The summed E-state index contributed by atoms with van der Waals surface area (Å²) < 4.78 is 4.07. The molecule has 3 aromatic rings. The molecule has 0 unspecified atom stereocenters. The Morgan fingerprint density at radius 3 is 2.67 bits per heavy atom. The van der Waals surface area contributed by atoms with E-state index in [1.54, 1.807) is 4.68 Å². The van der Waals surface area contributed by atoms with E-state index in [0.717, 1.165) is 28.1 Å². The van der Waals surface area contributed by atoms with Gasteiger partial charge in [0.25, 0.3) is 0 Å². The van der Waals surface area contributed by atoms with E-state index < -0.39 is 0 Å². The van der Waals surface area contributed by atoms with Gasteiger partial charge in [-0.15, -0.1) is 0 Å². The maximum atomic E-state index is 12.7. The highest BCUT2D eigenvalue weighted by atomic mass is 16.2. The highest BCUT2D eigenvalue weighted by Gasteiger charge is 2.20. The van der Waals surface area contributed by atoms with Crippen molar-refractivity contribution in [1.29, 1.82) is 0 Å². The van der Waals surface area contributed by atoms with E-state index in [-0.39, 0.29) is 11.9 Å². The van der Waals surface area contributed by atoms with Crippen LogP contribution in [0.1, 0.15) is 62.5 Å². The molecule has 0 aliphatic heterocycles. The molecule has 4 rings (SSSR count). The minimum atomic E-state index is -0.366. The second kappa shape index (κ2) is 7.18. The number of rotatable bonds is 4. The number of anilines is 1. The van der Waals surface area contributed by atoms with E-state index in [0.29, 0.717) is 6.04 Å². The van der Waals surface area contributed by atoms with Crippen LogP contribution in [0.15, 0.2) is 30.6 Å². The van der Waals surface area contributed by atoms with Gasteiger partial charge in [0.1, 0.15) is 6.04 Å². The van der Waals surface area contributed by atoms with Gasteiger partial charge in [-0.25, -0.2) is 4.98 Å². The molecule has 1 aliphatic carbocycles. The Kier molecular flexibility index (Phi) is 4.72. The van der Waals surface area contributed by atoms with Crippen molar-refractivity contribution in [3.8, 4) is 0 Å². The zero-order chi connectivity index (χ0) is 19.0. The van der Waals surface area contributed by atoms with Crippen molar-refractivity contribution in [2.75, 3.05) is 5.32 Å². The van der Waals surface area contributed by atoms with Crippen molar-refractivity contribution in [1.82, 2.24) is 19.3 Å². The minimum absolute atomic E-state index is 0.0766. The van der Waals surface area contributed by atoms with Crippen molar-refractivity contribution >= 4 is 22.6 Å². The first-order valence-electron chi connectivity index (χ1n) is 9.83. The monoisotopic (exact) mass is 365 g/mol. The van der Waals surface area contributed by atoms with Gasteiger partial charge in [0.05, 0.1) is 23.1 Å². The lowest BCUT2D eigenvalue weighted by molar-refractivity contribution is -0.119. The van der Waals surface area contributed by atoms with E-state index >= 15 is 0 Å². The summed E-state index contributed by atoms with van der Waals surface area (Å²) >= 11 is 0. The summed E-state index contributed by atoms with van der Waals surface area (Å²) in [4.78, 5) is 17.2. The van der Waals surface area contributed by atoms with Crippen LogP contribution in [0.4, 0.5) is 5.69 Å². The van der Waals surface area contributed by atoms with E-state index in [1.807, 2.05) is 45.3 Å². The van der Waals surface area contributed by atoms with Crippen LogP contribution in [-0.4, -0.2) is 25.2 Å². The number of aromatic nitrogens is 4. The first-order valence-corrected chi connectivity index (χ1v) is 9.83. The largest absolute Gasteiger partial charge is 0.327 e. The van der Waals surface area contributed by atoms with Crippen molar-refractivity contribution in [2.45, 2.75) is 65.0 Å². The zero-order valence-corrected chi connectivity index (χ0v) is 16.3. The lowest BCUT2D eigenvalue weighted by Gasteiger charge is -2.23. The number of fused-ring (bicyclic) bond motifs is 1. The number of hydrogen-bond donors (Lipinski definition) is 1. The first-order chi connectivity index (χ1) is 13.0. The van der Waals surface area contributed by atoms with E-state index in [4.69, 9.17) is 0 Å². The first kappa shape index (κ1) is 17.8. The predicted octanol–water partition coefficient (Wildman–Crippen LogP) is 4.55. The molecule has 142 valence electrons. The number of benzene rings is 1. The Hall–Kier alpha value is -2.63. The van der Waals surface area contributed by atoms with Crippen LogP contribution >= 0.6 is 0 Å². The summed E-state index contributed by atoms with van der Waals surface area (Å²) in [6.07, 6.45) is 8.33. The molecule has 0 saturated heterocycles. The number of nitrogens with zero attached hydrogens (tertiary/aromatic N) is 4. The Bertz CT molecular complexity index is 964. The maximum absolute atomic E-state index is 12.7. The Morgan fingerprint density at radius 1 is 1.19 bits per heavy atom. The molecule has 1 amide bonds. The number of nitrogens with one attached hydrogen (secondary N) is 1.